The van der Waals surface area contributed by atoms with Crippen molar-refractivity contribution in [2.75, 3.05) is 6.54 Å². The normalized spacial score (nSPS) is 19.0. The molecule has 2 rings (SSSR count). The number of benzene rings is 1. The maximum atomic E-state index is 12.6. The summed E-state index contributed by atoms with van der Waals surface area (Å²) in [5.74, 6) is -0.217. The molecule has 0 aliphatic carbocycles. The van der Waals surface area contributed by atoms with Crippen molar-refractivity contribution in [3.63, 3.8) is 0 Å². The van der Waals surface area contributed by atoms with Crippen LogP contribution in [0.3, 0.4) is 0 Å². The van der Waals surface area contributed by atoms with Gasteiger partial charge in [-0.3, -0.25) is 4.79 Å². The van der Waals surface area contributed by atoms with Gasteiger partial charge in [0, 0.05) is 6.54 Å². The van der Waals surface area contributed by atoms with E-state index in [-0.39, 0.29) is 11.8 Å². The molecule has 23 heavy (non-hydrogen) atoms. The van der Waals surface area contributed by atoms with Gasteiger partial charge >= 0.3 is 5.97 Å². The van der Waals surface area contributed by atoms with Gasteiger partial charge in [0.25, 0.3) is 5.91 Å². The molecule has 1 heterocycles. The number of carbonyl (C=O) groups excluding carboxylic acids is 1. The molecule has 0 bridgehead atoms. The molecular weight excluding hydrogens is 294 g/mol. The Morgan fingerprint density at radius 1 is 1.30 bits per heavy atom. The summed E-state index contributed by atoms with van der Waals surface area (Å²) in [5.41, 5.74) is 2.11. The highest BCUT2D eigenvalue weighted by molar-refractivity contribution is 5.87. The first-order chi connectivity index (χ1) is 10.8. The number of carbonyl (C=O) groups is 2. The lowest BCUT2D eigenvalue weighted by atomic mass is 10.0. The molecular formula is C18H25NO4. The molecule has 1 saturated heterocycles. The van der Waals surface area contributed by atoms with Crippen molar-refractivity contribution in [3.8, 4) is 5.75 Å². The number of hydrogen-bond donors (Lipinski definition) is 1. The zero-order valence-electron chi connectivity index (χ0n) is 14.2. The highest BCUT2D eigenvalue weighted by atomic mass is 16.5. The lowest BCUT2D eigenvalue weighted by Crippen LogP contribution is -2.46. The van der Waals surface area contributed by atoms with Crippen LogP contribution in [0.25, 0.3) is 0 Å². The van der Waals surface area contributed by atoms with E-state index >= 15 is 0 Å². The van der Waals surface area contributed by atoms with Gasteiger partial charge in [-0.05, 0) is 49.8 Å². The minimum atomic E-state index is -0.943. The molecule has 1 aromatic carbocycles. The summed E-state index contributed by atoms with van der Waals surface area (Å²) in [6.45, 7) is 8.29. The summed E-state index contributed by atoms with van der Waals surface area (Å²) in [5, 5.41) is 9.22. The second kappa shape index (κ2) is 7.02. The average molecular weight is 319 g/mol. The van der Waals surface area contributed by atoms with E-state index in [0.717, 1.165) is 17.5 Å². The largest absolute Gasteiger partial charge is 0.481 e. The molecule has 5 heteroatoms. The van der Waals surface area contributed by atoms with E-state index in [4.69, 9.17) is 4.74 Å². The molecule has 1 aliphatic heterocycles. The number of hydrogen-bond acceptors (Lipinski definition) is 3. The highest BCUT2D eigenvalue weighted by Crippen LogP contribution is 2.29. The quantitative estimate of drug-likeness (QED) is 0.906. The molecule has 1 amide bonds. The Kier molecular flexibility index (Phi) is 5.29. The molecule has 0 saturated carbocycles. The summed E-state index contributed by atoms with van der Waals surface area (Å²) < 4.78 is 5.91. The zero-order valence-corrected chi connectivity index (χ0v) is 14.2. The van der Waals surface area contributed by atoms with Gasteiger partial charge in [0.1, 0.15) is 11.8 Å². The zero-order chi connectivity index (χ0) is 17.1. The van der Waals surface area contributed by atoms with E-state index in [1.807, 2.05) is 25.1 Å². The van der Waals surface area contributed by atoms with E-state index in [0.29, 0.717) is 18.7 Å². The summed E-state index contributed by atoms with van der Waals surface area (Å²) in [6, 6.07) is 5.24. The lowest BCUT2D eigenvalue weighted by molar-refractivity contribution is -0.150. The van der Waals surface area contributed by atoms with Crippen LogP contribution in [0.1, 0.15) is 50.7 Å². The Balaban J connectivity index is 2.15. The predicted octanol–water partition coefficient (Wildman–Crippen LogP) is 2.96. The molecule has 0 aromatic heterocycles. The summed E-state index contributed by atoms with van der Waals surface area (Å²) in [7, 11) is 0. The fourth-order valence-electron chi connectivity index (χ4n) is 2.98. The maximum absolute atomic E-state index is 12.6. The molecule has 2 unspecified atom stereocenters. The number of likely N-dealkylation sites (tertiary alicyclic amines) is 1. The number of carboxylic acids is 1. The monoisotopic (exact) mass is 319 g/mol. The first-order valence-corrected chi connectivity index (χ1v) is 8.11. The Morgan fingerprint density at radius 2 is 2.00 bits per heavy atom. The fraction of sp³-hybridized carbons (Fsp3) is 0.556. The third-order valence-corrected chi connectivity index (χ3v) is 4.26. The molecule has 1 fully saturated rings. The predicted molar refractivity (Wildman–Crippen MR) is 87.7 cm³/mol. The highest BCUT2D eigenvalue weighted by Gasteiger charge is 2.36. The Bertz CT molecular complexity index is 597. The minimum absolute atomic E-state index is 0.258. The van der Waals surface area contributed by atoms with Crippen LogP contribution in [0.2, 0.25) is 0 Å². The van der Waals surface area contributed by atoms with Gasteiger partial charge in [-0.2, -0.15) is 0 Å². The lowest BCUT2D eigenvalue weighted by Gasteiger charge is -2.26. The molecule has 5 nitrogen and oxygen atoms in total. The van der Waals surface area contributed by atoms with Crippen LogP contribution in [0.4, 0.5) is 0 Å². The van der Waals surface area contributed by atoms with Gasteiger partial charge in [0.05, 0.1) is 0 Å². The minimum Gasteiger partial charge on any atom is -0.481 e. The molecule has 0 radical (unpaired) electrons. The summed E-state index contributed by atoms with van der Waals surface area (Å²) >= 11 is 0. The van der Waals surface area contributed by atoms with Gasteiger partial charge in [-0.15, -0.1) is 0 Å². The molecule has 0 spiro atoms. The Labute approximate surface area is 137 Å². The van der Waals surface area contributed by atoms with Crippen molar-refractivity contribution in [2.24, 2.45) is 0 Å². The average Bonchev–Trinajstić information content (AvgIpc) is 2.95. The van der Waals surface area contributed by atoms with Crippen LogP contribution in [0, 0.1) is 6.92 Å². The van der Waals surface area contributed by atoms with Crippen molar-refractivity contribution in [1.82, 2.24) is 4.90 Å². The molecule has 1 aromatic rings. The molecule has 126 valence electrons. The van der Waals surface area contributed by atoms with Gasteiger partial charge in [0.15, 0.2) is 6.10 Å². The van der Waals surface area contributed by atoms with Crippen molar-refractivity contribution < 1.29 is 19.4 Å². The number of amides is 1. The summed E-state index contributed by atoms with van der Waals surface area (Å²) in [4.78, 5) is 25.2. The van der Waals surface area contributed by atoms with E-state index in [1.54, 1.807) is 6.92 Å². The van der Waals surface area contributed by atoms with Gasteiger partial charge in [-0.25, -0.2) is 4.79 Å². The van der Waals surface area contributed by atoms with Gasteiger partial charge < -0.3 is 14.7 Å². The molecule has 2 atom stereocenters. The summed E-state index contributed by atoms with van der Waals surface area (Å²) in [6.07, 6.45) is 0.529. The van der Waals surface area contributed by atoms with Crippen LogP contribution in [0.5, 0.6) is 5.75 Å². The maximum Gasteiger partial charge on any atom is 0.326 e. The standard InChI is InChI=1S/C18H25NO4/c1-11(2)14-8-7-12(3)10-16(14)23-13(4)17(20)19-9-5-6-15(19)18(21)22/h7-8,10-11,13,15H,5-6,9H2,1-4H3,(H,21,22). The van der Waals surface area contributed by atoms with Crippen LogP contribution < -0.4 is 4.74 Å². The van der Waals surface area contributed by atoms with Crippen molar-refractivity contribution >= 4 is 11.9 Å². The van der Waals surface area contributed by atoms with E-state index in [1.165, 1.54) is 4.90 Å². The Morgan fingerprint density at radius 3 is 2.61 bits per heavy atom. The second-order valence-electron chi connectivity index (χ2n) is 6.48. The number of nitrogens with zero attached hydrogens (tertiary/aromatic N) is 1. The van der Waals surface area contributed by atoms with Gasteiger partial charge in [-0.1, -0.05) is 26.0 Å². The van der Waals surface area contributed by atoms with Crippen molar-refractivity contribution in [3.05, 3.63) is 29.3 Å². The third kappa shape index (κ3) is 3.84. The van der Waals surface area contributed by atoms with Crippen LogP contribution in [-0.4, -0.2) is 40.6 Å². The van der Waals surface area contributed by atoms with E-state index in [2.05, 4.69) is 13.8 Å². The second-order valence-corrected chi connectivity index (χ2v) is 6.48. The molecule has 1 N–H and O–H groups in total. The number of rotatable bonds is 5. The number of carboxylic acid groups (broad SMARTS) is 1. The van der Waals surface area contributed by atoms with E-state index in [9.17, 15) is 14.7 Å². The SMILES string of the molecule is Cc1ccc(C(C)C)c(OC(C)C(=O)N2CCCC2C(=O)O)c1. The smallest absolute Gasteiger partial charge is 0.326 e. The van der Waals surface area contributed by atoms with Gasteiger partial charge in [0.2, 0.25) is 0 Å². The van der Waals surface area contributed by atoms with Crippen molar-refractivity contribution in [1.29, 1.82) is 0 Å². The van der Waals surface area contributed by atoms with Crippen LogP contribution >= 0.6 is 0 Å². The third-order valence-electron chi connectivity index (χ3n) is 4.26. The Hall–Kier alpha value is -2.04. The number of aryl methyl sites for hydroxylation is 1. The molecule has 1 aliphatic rings. The van der Waals surface area contributed by atoms with Crippen LogP contribution in [-0.2, 0) is 9.59 Å². The first kappa shape index (κ1) is 17.3. The number of aliphatic carboxylic acids is 1. The fourth-order valence-corrected chi connectivity index (χ4v) is 2.98. The van der Waals surface area contributed by atoms with E-state index < -0.39 is 18.1 Å². The van der Waals surface area contributed by atoms with Crippen molar-refractivity contribution in [2.45, 2.75) is 58.6 Å². The first-order valence-electron chi connectivity index (χ1n) is 8.11. The topological polar surface area (TPSA) is 66.8 Å². The van der Waals surface area contributed by atoms with Crippen LogP contribution in [0.15, 0.2) is 18.2 Å². The number of ether oxygens (including phenoxy) is 1.